The summed E-state index contributed by atoms with van der Waals surface area (Å²) in [7, 11) is 1.39. The van der Waals surface area contributed by atoms with Gasteiger partial charge >= 0.3 is 11.6 Å². The molecule has 1 heterocycles. The molecule has 0 radical (unpaired) electrons. The first-order valence-electron chi connectivity index (χ1n) is 7.80. The molecule has 9 nitrogen and oxygen atoms in total. The summed E-state index contributed by atoms with van der Waals surface area (Å²) < 4.78 is 10.2. The van der Waals surface area contributed by atoms with E-state index in [1.165, 1.54) is 19.2 Å². The van der Waals surface area contributed by atoms with Gasteiger partial charge in [0.15, 0.2) is 0 Å². The van der Waals surface area contributed by atoms with Gasteiger partial charge in [0.2, 0.25) is 5.91 Å². The van der Waals surface area contributed by atoms with Crippen molar-refractivity contribution >= 4 is 11.9 Å². The van der Waals surface area contributed by atoms with E-state index in [9.17, 15) is 19.5 Å². The highest BCUT2D eigenvalue weighted by atomic mass is 16.5. The molecule has 9 heteroatoms. The zero-order valence-electron chi connectivity index (χ0n) is 14.4. The minimum Gasteiger partial charge on any atom is -0.496 e. The Morgan fingerprint density at radius 3 is 2.48 bits per heavy atom. The van der Waals surface area contributed by atoms with E-state index >= 15 is 0 Å². The molecule has 1 aromatic heterocycles. The summed E-state index contributed by atoms with van der Waals surface area (Å²) in [5.41, 5.74) is 4.69. The normalized spacial score (nSPS) is 14.6. The van der Waals surface area contributed by atoms with Crippen molar-refractivity contribution in [1.29, 1.82) is 0 Å². The SMILES string of the molecule is COc1cc([C@@H](CC(C)C)NC(=O)[C@H](O)C[C@H](N)C(=O)O)oc(=O)c1. The maximum Gasteiger partial charge on any atom is 0.339 e. The first-order chi connectivity index (χ1) is 11.6. The molecule has 0 unspecified atom stereocenters. The molecule has 1 rings (SSSR count). The largest absolute Gasteiger partial charge is 0.496 e. The number of amides is 1. The molecule has 0 saturated carbocycles. The minimum atomic E-state index is -1.60. The van der Waals surface area contributed by atoms with Gasteiger partial charge in [0, 0.05) is 12.5 Å². The van der Waals surface area contributed by atoms with Gasteiger partial charge in [0.05, 0.1) is 19.2 Å². The van der Waals surface area contributed by atoms with E-state index in [0.717, 1.165) is 0 Å². The second kappa shape index (κ2) is 9.19. The lowest BCUT2D eigenvalue weighted by atomic mass is 10.0. The number of carboxylic acid groups (broad SMARTS) is 1. The van der Waals surface area contributed by atoms with Crippen molar-refractivity contribution in [3.63, 3.8) is 0 Å². The maximum atomic E-state index is 12.1. The number of nitrogens with two attached hydrogens (primary N) is 1. The van der Waals surface area contributed by atoms with E-state index < -0.39 is 42.1 Å². The second-order valence-corrected chi connectivity index (χ2v) is 6.11. The van der Waals surface area contributed by atoms with Crippen LogP contribution < -0.4 is 21.4 Å². The average Bonchev–Trinajstić information content (AvgIpc) is 2.52. The van der Waals surface area contributed by atoms with Crippen molar-refractivity contribution < 1.29 is 29.0 Å². The topological polar surface area (TPSA) is 152 Å². The van der Waals surface area contributed by atoms with Crippen LogP contribution in [0.15, 0.2) is 21.3 Å². The van der Waals surface area contributed by atoms with Crippen molar-refractivity contribution in [3.05, 3.63) is 28.3 Å². The Morgan fingerprint density at radius 2 is 1.96 bits per heavy atom. The molecule has 1 amide bonds. The Morgan fingerprint density at radius 1 is 1.32 bits per heavy atom. The first kappa shape index (κ1) is 20.7. The molecule has 25 heavy (non-hydrogen) atoms. The van der Waals surface area contributed by atoms with Crippen LogP contribution in [-0.4, -0.2) is 41.3 Å². The predicted molar refractivity (Wildman–Crippen MR) is 88.1 cm³/mol. The highest BCUT2D eigenvalue weighted by Crippen LogP contribution is 2.23. The monoisotopic (exact) mass is 356 g/mol. The van der Waals surface area contributed by atoms with Crippen LogP contribution in [0.2, 0.25) is 0 Å². The third kappa shape index (κ3) is 6.55. The van der Waals surface area contributed by atoms with Crippen molar-refractivity contribution in [2.45, 2.75) is 44.9 Å². The number of aliphatic hydroxyl groups excluding tert-OH is 1. The zero-order chi connectivity index (χ0) is 19.1. The van der Waals surface area contributed by atoms with E-state index in [2.05, 4.69) is 5.32 Å². The number of carbonyl (C=O) groups is 2. The van der Waals surface area contributed by atoms with Crippen LogP contribution in [0.25, 0.3) is 0 Å². The third-order valence-electron chi connectivity index (χ3n) is 3.46. The predicted octanol–water partition coefficient (Wildman–Crippen LogP) is 0.0147. The lowest BCUT2D eigenvalue weighted by Gasteiger charge is -2.22. The molecule has 5 N–H and O–H groups in total. The van der Waals surface area contributed by atoms with Gasteiger partial charge in [0.1, 0.15) is 23.7 Å². The number of methoxy groups -OCH3 is 1. The van der Waals surface area contributed by atoms with Gasteiger partial charge in [-0.25, -0.2) is 4.79 Å². The van der Waals surface area contributed by atoms with Gasteiger partial charge in [-0.2, -0.15) is 0 Å². The summed E-state index contributed by atoms with van der Waals surface area (Å²) in [5, 5.41) is 21.2. The van der Waals surface area contributed by atoms with Gasteiger partial charge in [-0.1, -0.05) is 13.8 Å². The van der Waals surface area contributed by atoms with E-state index in [-0.39, 0.29) is 17.4 Å². The van der Waals surface area contributed by atoms with Gasteiger partial charge in [-0.05, 0) is 12.3 Å². The number of aliphatic carboxylic acids is 1. The Hall–Kier alpha value is -2.39. The maximum absolute atomic E-state index is 12.1. The average molecular weight is 356 g/mol. The van der Waals surface area contributed by atoms with Crippen LogP contribution in [0.3, 0.4) is 0 Å². The van der Waals surface area contributed by atoms with Crippen LogP contribution in [0.1, 0.15) is 38.5 Å². The molecular formula is C16H24N2O7. The summed E-state index contributed by atoms with van der Waals surface area (Å²) in [6.07, 6.45) is -1.60. The smallest absolute Gasteiger partial charge is 0.339 e. The summed E-state index contributed by atoms with van der Waals surface area (Å²) in [6, 6.07) is 0.591. The minimum absolute atomic E-state index is 0.139. The lowest BCUT2D eigenvalue weighted by Crippen LogP contribution is -2.43. The molecule has 0 fully saturated rings. The van der Waals surface area contributed by atoms with Crippen LogP contribution in [-0.2, 0) is 9.59 Å². The molecule has 140 valence electrons. The van der Waals surface area contributed by atoms with Gasteiger partial charge < -0.3 is 30.4 Å². The molecular weight excluding hydrogens is 332 g/mol. The Bertz CT molecular complexity index is 656. The Kier molecular flexibility index (Phi) is 7.59. The van der Waals surface area contributed by atoms with Gasteiger partial charge in [0.25, 0.3) is 0 Å². The molecule has 0 aliphatic carbocycles. The summed E-state index contributed by atoms with van der Waals surface area (Å²) in [5.74, 6) is -1.51. The van der Waals surface area contributed by atoms with Crippen LogP contribution in [0.5, 0.6) is 5.75 Å². The number of nitrogens with one attached hydrogen (secondary N) is 1. The van der Waals surface area contributed by atoms with Crippen LogP contribution in [0.4, 0.5) is 0 Å². The Labute approximate surface area is 144 Å². The van der Waals surface area contributed by atoms with E-state index in [4.69, 9.17) is 20.0 Å². The fourth-order valence-corrected chi connectivity index (χ4v) is 2.20. The van der Waals surface area contributed by atoms with Gasteiger partial charge in [-0.15, -0.1) is 0 Å². The number of hydrogen-bond donors (Lipinski definition) is 4. The molecule has 0 saturated heterocycles. The fraction of sp³-hybridized carbons (Fsp3) is 0.562. The van der Waals surface area contributed by atoms with E-state index in [1.807, 2.05) is 13.8 Å². The number of ether oxygens (including phenoxy) is 1. The number of rotatable bonds is 9. The molecule has 0 aliphatic rings. The van der Waals surface area contributed by atoms with Crippen molar-refractivity contribution in [1.82, 2.24) is 5.32 Å². The zero-order valence-corrected chi connectivity index (χ0v) is 14.4. The number of aliphatic hydroxyl groups is 1. The second-order valence-electron chi connectivity index (χ2n) is 6.11. The molecule has 0 spiro atoms. The standard InChI is InChI=1S/C16H24N2O7/c1-8(2)4-11(13-5-9(24-3)6-14(20)25-13)18-15(21)12(19)7-10(17)16(22)23/h5-6,8,10-12,19H,4,7,17H2,1-3H3,(H,18,21)(H,22,23)/t10-,11+,12+/m0/s1. The van der Waals surface area contributed by atoms with Crippen LogP contribution >= 0.6 is 0 Å². The highest BCUT2D eigenvalue weighted by Gasteiger charge is 2.26. The molecule has 3 atom stereocenters. The van der Waals surface area contributed by atoms with Crippen molar-refractivity contribution in [3.8, 4) is 5.75 Å². The number of carbonyl (C=O) groups excluding carboxylic acids is 1. The molecule has 0 aromatic carbocycles. The summed E-state index contributed by atoms with van der Waals surface area (Å²) in [6.45, 7) is 3.82. The van der Waals surface area contributed by atoms with E-state index in [1.54, 1.807) is 0 Å². The summed E-state index contributed by atoms with van der Waals surface area (Å²) >= 11 is 0. The molecule has 1 aromatic rings. The van der Waals surface area contributed by atoms with Gasteiger partial charge in [-0.3, -0.25) is 9.59 Å². The fourth-order valence-electron chi connectivity index (χ4n) is 2.20. The van der Waals surface area contributed by atoms with Crippen LogP contribution in [0, 0.1) is 5.92 Å². The quantitative estimate of drug-likeness (QED) is 0.483. The van der Waals surface area contributed by atoms with Crippen molar-refractivity contribution in [2.75, 3.05) is 7.11 Å². The number of hydrogen-bond acceptors (Lipinski definition) is 7. The third-order valence-corrected chi connectivity index (χ3v) is 3.46. The molecule has 0 aliphatic heterocycles. The molecule has 0 bridgehead atoms. The highest BCUT2D eigenvalue weighted by molar-refractivity contribution is 5.82. The Balaban J connectivity index is 2.96. The first-order valence-corrected chi connectivity index (χ1v) is 7.80. The lowest BCUT2D eigenvalue weighted by molar-refractivity contribution is -0.140. The van der Waals surface area contributed by atoms with E-state index in [0.29, 0.717) is 6.42 Å². The van der Waals surface area contributed by atoms with Crippen molar-refractivity contribution in [2.24, 2.45) is 11.7 Å². The summed E-state index contributed by atoms with van der Waals surface area (Å²) in [4.78, 5) is 34.5. The number of carboxylic acids is 1.